The molecular formula is C16H19N5O. The molecule has 114 valence electrons. The van der Waals surface area contributed by atoms with Crippen LogP contribution in [0.3, 0.4) is 0 Å². The van der Waals surface area contributed by atoms with E-state index in [0.717, 1.165) is 24.6 Å². The van der Waals surface area contributed by atoms with Gasteiger partial charge in [0.25, 0.3) is 5.56 Å². The number of nitrogens with zero attached hydrogens (tertiary/aromatic N) is 5. The smallest absolute Gasteiger partial charge is 0.262 e. The van der Waals surface area contributed by atoms with Crippen LogP contribution in [0, 0.1) is 0 Å². The molecule has 2 aromatic heterocycles. The van der Waals surface area contributed by atoms with Crippen LogP contribution >= 0.6 is 0 Å². The van der Waals surface area contributed by atoms with Crippen molar-refractivity contribution in [3.05, 3.63) is 34.6 Å². The Morgan fingerprint density at radius 3 is 2.50 bits per heavy atom. The topological polar surface area (TPSA) is 55.4 Å². The second-order valence-electron chi connectivity index (χ2n) is 5.92. The van der Waals surface area contributed by atoms with E-state index >= 15 is 0 Å². The van der Waals surface area contributed by atoms with Gasteiger partial charge in [0.05, 0.1) is 10.9 Å². The van der Waals surface area contributed by atoms with Crippen LogP contribution in [0.5, 0.6) is 0 Å². The molecule has 3 heterocycles. The van der Waals surface area contributed by atoms with Gasteiger partial charge in [-0.3, -0.25) is 9.36 Å². The third-order valence-electron chi connectivity index (χ3n) is 4.50. The summed E-state index contributed by atoms with van der Waals surface area (Å²) < 4.78 is 3.60. The molecule has 6 heteroatoms. The van der Waals surface area contributed by atoms with Gasteiger partial charge in [0.15, 0.2) is 0 Å². The molecule has 0 atom stereocenters. The number of hydrogen-bond acceptors (Lipinski definition) is 4. The minimum atomic E-state index is -0.0297. The molecule has 0 amide bonds. The largest absolute Gasteiger partial charge is 0.341 e. The summed E-state index contributed by atoms with van der Waals surface area (Å²) in [6.45, 7) is 2.00. The molecule has 0 aliphatic carbocycles. The lowest BCUT2D eigenvalue weighted by Crippen LogP contribution is -2.27. The van der Waals surface area contributed by atoms with Crippen molar-refractivity contribution >= 4 is 22.6 Å². The summed E-state index contributed by atoms with van der Waals surface area (Å²) in [7, 11) is 1.75. The lowest BCUT2D eigenvalue weighted by atomic mass is 10.2. The molecule has 3 aromatic rings. The molecule has 1 aliphatic rings. The second-order valence-corrected chi connectivity index (χ2v) is 5.92. The predicted molar refractivity (Wildman–Crippen MR) is 86.4 cm³/mol. The highest BCUT2D eigenvalue weighted by molar-refractivity contribution is 5.81. The first-order valence-corrected chi connectivity index (χ1v) is 7.85. The van der Waals surface area contributed by atoms with E-state index < -0.39 is 0 Å². The molecule has 0 spiro atoms. The Bertz CT molecular complexity index is 887. The monoisotopic (exact) mass is 297 g/mol. The zero-order valence-corrected chi connectivity index (χ0v) is 12.7. The van der Waals surface area contributed by atoms with Crippen LogP contribution in [0.25, 0.3) is 16.7 Å². The molecule has 6 nitrogen and oxygen atoms in total. The van der Waals surface area contributed by atoms with Gasteiger partial charge in [0.1, 0.15) is 0 Å². The number of hydrogen-bond donors (Lipinski definition) is 0. The van der Waals surface area contributed by atoms with Gasteiger partial charge in [-0.15, -0.1) is 10.2 Å². The average Bonchev–Trinajstić information content (AvgIpc) is 2.81. The first-order chi connectivity index (χ1) is 10.8. The van der Waals surface area contributed by atoms with Gasteiger partial charge in [0.2, 0.25) is 11.7 Å². The summed E-state index contributed by atoms with van der Waals surface area (Å²) in [6.07, 6.45) is 4.90. The van der Waals surface area contributed by atoms with E-state index in [1.54, 1.807) is 11.6 Å². The maximum absolute atomic E-state index is 12.5. The van der Waals surface area contributed by atoms with Crippen molar-refractivity contribution in [2.24, 2.45) is 7.05 Å². The molecule has 1 aliphatic heterocycles. The van der Waals surface area contributed by atoms with Crippen LogP contribution in [-0.2, 0) is 7.05 Å². The Labute approximate surface area is 128 Å². The molecule has 0 N–H and O–H groups in total. The Morgan fingerprint density at radius 2 is 1.73 bits per heavy atom. The van der Waals surface area contributed by atoms with E-state index in [1.807, 2.05) is 28.7 Å². The van der Waals surface area contributed by atoms with E-state index in [1.165, 1.54) is 25.7 Å². The number of aryl methyl sites for hydroxylation is 1. The van der Waals surface area contributed by atoms with Crippen molar-refractivity contribution in [2.75, 3.05) is 18.0 Å². The van der Waals surface area contributed by atoms with Crippen LogP contribution in [0.15, 0.2) is 29.1 Å². The fourth-order valence-corrected chi connectivity index (χ4v) is 3.30. The molecule has 1 fully saturated rings. The summed E-state index contributed by atoms with van der Waals surface area (Å²) in [5, 5.41) is 9.36. The van der Waals surface area contributed by atoms with Gasteiger partial charge in [0, 0.05) is 20.1 Å². The van der Waals surface area contributed by atoms with Crippen LogP contribution in [-0.4, -0.2) is 32.3 Å². The summed E-state index contributed by atoms with van der Waals surface area (Å²) in [6, 6.07) is 7.68. The molecule has 22 heavy (non-hydrogen) atoms. The number of aromatic nitrogens is 4. The van der Waals surface area contributed by atoms with Crippen molar-refractivity contribution in [3.8, 4) is 0 Å². The number of anilines is 1. The van der Waals surface area contributed by atoms with Crippen LogP contribution in [0.1, 0.15) is 25.7 Å². The van der Waals surface area contributed by atoms with E-state index in [0.29, 0.717) is 11.2 Å². The van der Waals surface area contributed by atoms with Crippen LogP contribution < -0.4 is 10.5 Å². The standard InChI is InChI=1S/C16H19N5O/c1-19-14(22)12-8-4-5-9-13(12)21-15(19)17-18-16(21)20-10-6-2-3-7-11-20/h4-5,8-9H,2-3,6-7,10-11H2,1H3. The molecule has 1 aromatic carbocycles. The zero-order valence-electron chi connectivity index (χ0n) is 12.7. The Morgan fingerprint density at radius 1 is 1.00 bits per heavy atom. The number of para-hydroxylation sites is 1. The van der Waals surface area contributed by atoms with Gasteiger partial charge in [-0.1, -0.05) is 25.0 Å². The summed E-state index contributed by atoms with van der Waals surface area (Å²) >= 11 is 0. The second kappa shape index (κ2) is 5.12. The Balaban J connectivity index is 2.03. The van der Waals surface area contributed by atoms with Gasteiger partial charge < -0.3 is 4.90 Å². The van der Waals surface area contributed by atoms with Crippen molar-refractivity contribution in [1.29, 1.82) is 0 Å². The fraction of sp³-hybridized carbons (Fsp3) is 0.438. The van der Waals surface area contributed by atoms with Crippen LogP contribution in [0.4, 0.5) is 5.95 Å². The molecule has 4 rings (SSSR count). The van der Waals surface area contributed by atoms with E-state index in [2.05, 4.69) is 15.1 Å². The SMILES string of the molecule is Cn1c(=O)c2ccccc2n2c(N3CCCCCC3)nnc12. The molecule has 1 saturated heterocycles. The van der Waals surface area contributed by atoms with E-state index in [4.69, 9.17) is 0 Å². The average molecular weight is 297 g/mol. The predicted octanol–water partition coefficient (Wildman–Crippen LogP) is 1.96. The molecule has 0 unspecified atom stereocenters. The first kappa shape index (κ1) is 13.3. The third kappa shape index (κ3) is 1.90. The van der Waals surface area contributed by atoms with Crippen molar-refractivity contribution in [3.63, 3.8) is 0 Å². The summed E-state index contributed by atoms with van der Waals surface area (Å²) in [5.74, 6) is 1.45. The van der Waals surface area contributed by atoms with Crippen molar-refractivity contribution in [1.82, 2.24) is 19.2 Å². The zero-order chi connectivity index (χ0) is 15.1. The Hall–Kier alpha value is -2.37. The van der Waals surface area contributed by atoms with E-state index in [-0.39, 0.29) is 5.56 Å². The molecule has 0 bridgehead atoms. The van der Waals surface area contributed by atoms with Crippen LogP contribution in [0.2, 0.25) is 0 Å². The number of fused-ring (bicyclic) bond motifs is 3. The van der Waals surface area contributed by atoms with Gasteiger partial charge >= 0.3 is 0 Å². The fourth-order valence-electron chi connectivity index (χ4n) is 3.30. The molecule has 0 saturated carbocycles. The van der Waals surface area contributed by atoms with Crippen molar-refractivity contribution in [2.45, 2.75) is 25.7 Å². The number of rotatable bonds is 1. The highest BCUT2D eigenvalue weighted by Crippen LogP contribution is 2.22. The maximum Gasteiger partial charge on any atom is 0.262 e. The first-order valence-electron chi connectivity index (χ1n) is 7.85. The minimum Gasteiger partial charge on any atom is -0.341 e. The van der Waals surface area contributed by atoms with E-state index in [9.17, 15) is 4.79 Å². The summed E-state index contributed by atoms with van der Waals surface area (Å²) in [4.78, 5) is 14.7. The highest BCUT2D eigenvalue weighted by atomic mass is 16.1. The summed E-state index contributed by atoms with van der Waals surface area (Å²) in [5.41, 5.74) is 0.850. The highest BCUT2D eigenvalue weighted by Gasteiger charge is 2.19. The van der Waals surface area contributed by atoms with Gasteiger partial charge in [-0.2, -0.15) is 0 Å². The normalized spacial score (nSPS) is 16.3. The molecule has 0 radical (unpaired) electrons. The van der Waals surface area contributed by atoms with Gasteiger partial charge in [-0.25, -0.2) is 4.40 Å². The lowest BCUT2D eigenvalue weighted by molar-refractivity contribution is 0.726. The maximum atomic E-state index is 12.5. The minimum absolute atomic E-state index is 0.0297. The third-order valence-corrected chi connectivity index (χ3v) is 4.50. The quantitative estimate of drug-likeness (QED) is 0.689. The van der Waals surface area contributed by atoms with Crippen molar-refractivity contribution < 1.29 is 0 Å². The van der Waals surface area contributed by atoms with Gasteiger partial charge in [-0.05, 0) is 25.0 Å². The molecular weight excluding hydrogens is 278 g/mol. The number of benzene rings is 1. The lowest BCUT2D eigenvalue weighted by Gasteiger charge is -2.20. The Kier molecular flexibility index (Phi) is 3.10.